The van der Waals surface area contributed by atoms with E-state index >= 15 is 0 Å². The number of rotatable bonds is 4. The summed E-state index contributed by atoms with van der Waals surface area (Å²) in [5.74, 6) is -0.294. The molecular formula is C14H15ClFNS. The lowest BCUT2D eigenvalue weighted by Gasteiger charge is -2.17. The molecule has 0 radical (unpaired) electrons. The molecule has 0 saturated carbocycles. The van der Waals surface area contributed by atoms with Crippen LogP contribution in [-0.2, 0) is 6.42 Å². The molecule has 1 heterocycles. The van der Waals surface area contributed by atoms with E-state index in [0.29, 0.717) is 5.02 Å². The smallest absolute Gasteiger partial charge is 0.124 e. The minimum Gasteiger partial charge on any atom is -0.312 e. The van der Waals surface area contributed by atoms with Crippen molar-refractivity contribution in [2.75, 3.05) is 7.05 Å². The van der Waals surface area contributed by atoms with Crippen molar-refractivity contribution in [2.24, 2.45) is 0 Å². The van der Waals surface area contributed by atoms with Gasteiger partial charge in [0.25, 0.3) is 0 Å². The molecule has 1 aromatic heterocycles. The summed E-state index contributed by atoms with van der Waals surface area (Å²) in [5, 5.41) is 5.87. The van der Waals surface area contributed by atoms with Gasteiger partial charge in [0, 0.05) is 15.9 Å². The molecule has 0 spiro atoms. The predicted molar refractivity (Wildman–Crippen MR) is 76.0 cm³/mol. The van der Waals surface area contributed by atoms with Gasteiger partial charge in [0.15, 0.2) is 0 Å². The van der Waals surface area contributed by atoms with Crippen molar-refractivity contribution in [3.05, 3.63) is 56.5 Å². The van der Waals surface area contributed by atoms with Crippen molar-refractivity contribution in [3.8, 4) is 0 Å². The van der Waals surface area contributed by atoms with Gasteiger partial charge in [-0.25, -0.2) is 4.39 Å². The van der Waals surface area contributed by atoms with E-state index in [1.165, 1.54) is 22.6 Å². The van der Waals surface area contributed by atoms with Crippen LogP contribution in [0.4, 0.5) is 4.39 Å². The van der Waals surface area contributed by atoms with E-state index in [9.17, 15) is 4.39 Å². The summed E-state index contributed by atoms with van der Waals surface area (Å²) in [6, 6.07) is 6.90. The molecule has 0 bridgehead atoms. The highest BCUT2D eigenvalue weighted by Gasteiger charge is 2.15. The summed E-state index contributed by atoms with van der Waals surface area (Å²) in [6.07, 6.45) is 0.761. The zero-order chi connectivity index (χ0) is 13.1. The van der Waals surface area contributed by atoms with E-state index in [4.69, 9.17) is 11.6 Å². The third-order valence-corrected chi connectivity index (χ3v) is 4.49. The lowest BCUT2D eigenvalue weighted by molar-refractivity contribution is 0.595. The number of thiophene rings is 1. The van der Waals surface area contributed by atoms with E-state index < -0.39 is 0 Å². The number of nitrogens with one attached hydrogen (secondary N) is 1. The highest BCUT2D eigenvalue weighted by molar-refractivity contribution is 7.10. The van der Waals surface area contributed by atoms with Crippen LogP contribution in [0.2, 0.25) is 5.02 Å². The molecule has 1 aromatic carbocycles. The number of hydrogen-bond acceptors (Lipinski definition) is 2. The Morgan fingerprint density at radius 2 is 2.17 bits per heavy atom. The Hall–Kier alpha value is -0.900. The summed E-state index contributed by atoms with van der Waals surface area (Å²) in [4.78, 5) is 1.30. The van der Waals surface area contributed by atoms with Crippen molar-refractivity contribution < 1.29 is 4.39 Å². The van der Waals surface area contributed by atoms with E-state index in [1.807, 2.05) is 7.05 Å². The maximum Gasteiger partial charge on any atom is 0.124 e. The minimum absolute atomic E-state index is 0.216. The standard InChI is InChI=1S/C14H15ClFNS/c1-9-5-6-18-14(9)13(17-2)7-10-3-4-11(16)8-12(10)15/h3-6,8,13,17H,7H2,1-2H3. The van der Waals surface area contributed by atoms with Gasteiger partial charge in [-0.05, 0) is 55.1 Å². The molecule has 2 aromatic rings. The second-order valence-electron chi connectivity index (χ2n) is 4.25. The Morgan fingerprint density at radius 3 is 2.72 bits per heavy atom. The van der Waals surface area contributed by atoms with Crippen molar-refractivity contribution >= 4 is 22.9 Å². The Labute approximate surface area is 116 Å². The Morgan fingerprint density at radius 1 is 1.39 bits per heavy atom. The normalized spacial score (nSPS) is 12.7. The molecule has 1 nitrogen and oxygen atoms in total. The van der Waals surface area contributed by atoms with Gasteiger partial charge in [-0.15, -0.1) is 11.3 Å². The van der Waals surface area contributed by atoms with Crippen LogP contribution in [0.3, 0.4) is 0 Å². The summed E-state index contributed by atoms with van der Waals surface area (Å²) in [7, 11) is 1.93. The van der Waals surface area contributed by atoms with Crippen molar-refractivity contribution in [1.29, 1.82) is 0 Å². The van der Waals surface area contributed by atoms with E-state index in [-0.39, 0.29) is 11.9 Å². The quantitative estimate of drug-likeness (QED) is 0.879. The Kier molecular flexibility index (Phi) is 4.38. The van der Waals surface area contributed by atoms with Gasteiger partial charge in [-0.1, -0.05) is 17.7 Å². The zero-order valence-corrected chi connectivity index (χ0v) is 11.9. The molecule has 1 N–H and O–H groups in total. The van der Waals surface area contributed by atoms with E-state index in [2.05, 4.69) is 23.7 Å². The fourth-order valence-corrected chi connectivity index (χ4v) is 3.26. The predicted octanol–water partition coefficient (Wildman–Crippen LogP) is 4.35. The second kappa shape index (κ2) is 5.83. The first-order valence-electron chi connectivity index (χ1n) is 5.77. The molecule has 1 unspecified atom stereocenters. The van der Waals surface area contributed by atoms with E-state index in [1.54, 1.807) is 17.4 Å². The Balaban J connectivity index is 2.23. The number of benzene rings is 1. The molecule has 0 aliphatic heterocycles. The molecule has 2 rings (SSSR count). The van der Waals surface area contributed by atoms with Crippen LogP contribution in [-0.4, -0.2) is 7.05 Å². The molecule has 1 atom stereocenters. The summed E-state index contributed by atoms with van der Waals surface area (Å²) >= 11 is 7.80. The average Bonchev–Trinajstić information content (AvgIpc) is 2.75. The van der Waals surface area contributed by atoms with Crippen LogP contribution >= 0.6 is 22.9 Å². The third kappa shape index (κ3) is 2.91. The average molecular weight is 284 g/mol. The second-order valence-corrected chi connectivity index (χ2v) is 5.60. The first kappa shape index (κ1) is 13.5. The van der Waals surface area contributed by atoms with Gasteiger partial charge in [0.2, 0.25) is 0 Å². The minimum atomic E-state index is -0.294. The molecule has 0 fully saturated rings. The molecule has 0 aliphatic rings. The maximum atomic E-state index is 13.0. The lowest BCUT2D eigenvalue weighted by Crippen LogP contribution is -2.18. The fraction of sp³-hybridized carbons (Fsp3) is 0.286. The number of halogens is 2. The van der Waals surface area contributed by atoms with Gasteiger partial charge < -0.3 is 5.32 Å². The topological polar surface area (TPSA) is 12.0 Å². The molecule has 96 valence electrons. The zero-order valence-electron chi connectivity index (χ0n) is 10.3. The summed E-state index contributed by atoms with van der Waals surface area (Å²) in [5.41, 5.74) is 2.24. The Bertz CT molecular complexity index is 538. The summed E-state index contributed by atoms with van der Waals surface area (Å²) < 4.78 is 13.0. The first-order chi connectivity index (χ1) is 8.61. The number of aryl methyl sites for hydroxylation is 1. The highest BCUT2D eigenvalue weighted by atomic mass is 35.5. The van der Waals surface area contributed by atoms with Gasteiger partial charge in [0.1, 0.15) is 5.82 Å². The van der Waals surface area contributed by atoms with Crippen LogP contribution in [0.25, 0.3) is 0 Å². The van der Waals surface area contributed by atoms with Gasteiger partial charge >= 0.3 is 0 Å². The lowest BCUT2D eigenvalue weighted by atomic mass is 10.0. The van der Waals surface area contributed by atoms with Crippen molar-refractivity contribution in [3.63, 3.8) is 0 Å². The third-order valence-electron chi connectivity index (χ3n) is 3.01. The highest BCUT2D eigenvalue weighted by Crippen LogP contribution is 2.29. The number of likely N-dealkylation sites (N-methyl/N-ethyl adjacent to an activating group) is 1. The van der Waals surface area contributed by atoms with Gasteiger partial charge in [0.05, 0.1) is 0 Å². The van der Waals surface area contributed by atoms with Crippen LogP contribution in [0.5, 0.6) is 0 Å². The molecule has 0 saturated heterocycles. The van der Waals surface area contributed by atoms with Gasteiger partial charge in [-0.2, -0.15) is 0 Å². The number of hydrogen-bond donors (Lipinski definition) is 1. The van der Waals surface area contributed by atoms with Crippen LogP contribution in [0.15, 0.2) is 29.6 Å². The molecular weight excluding hydrogens is 269 g/mol. The largest absolute Gasteiger partial charge is 0.312 e. The maximum absolute atomic E-state index is 13.0. The fourth-order valence-electron chi connectivity index (χ4n) is 1.97. The van der Waals surface area contributed by atoms with Crippen LogP contribution in [0, 0.1) is 12.7 Å². The van der Waals surface area contributed by atoms with Crippen LogP contribution in [0.1, 0.15) is 22.0 Å². The van der Waals surface area contributed by atoms with Crippen molar-refractivity contribution in [1.82, 2.24) is 5.32 Å². The van der Waals surface area contributed by atoms with Gasteiger partial charge in [-0.3, -0.25) is 0 Å². The molecule has 0 amide bonds. The monoisotopic (exact) mass is 283 g/mol. The summed E-state index contributed by atoms with van der Waals surface area (Å²) in [6.45, 7) is 2.10. The van der Waals surface area contributed by atoms with Crippen molar-refractivity contribution in [2.45, 2.75) is 19.4 Å². The van der Waals surface area contributed by atoms with E-state index in [0.717, 1.165) is 12.0 Å². The first-order valence-corrected chi connectivity index (χ1v) is 7.02. The molecule has 18 heavy (non-hydrogen) atoms. The SMILES string of the molecule is CNC(Cc1ccc(F)cc1Cl)c1sccc1C. The molecule has 4 heteroatoms. The van der Waals surface area contributed by atoms with Crippen LogP contribution < -0.4 is 5.32 Å². The molecule has 0 aliphatic carbocycles.